The highest BCUT2D eigenvalue weighted by molar-refractivity contribution is 5.75. The maximum Gasteiger partial charge on any atom is 0.214 e. The van der Waals surface area contributed by atoms with Gasteiger partial charge in [0.15, 0.2) is 0 Å². The van der Waals surface area contributed by atoms with E-state index in [4.69, 9.17) is 4.74 Å². The normalized spacial score (nSPS) is 19.6. The van der Waals surface area contributed by atoms with Crippen LogP contribution in [0.5, 0.6) is 0 Å². The van der Waals surface area contributed by atoms with Crippen LogP contribution < -0.4 is 4.90 Å². The van der Waals surface area contributed by atoms with Gasteiger partial charge in [0.1, 0.15) is 0 Å². The minimum absolute atomic E-state index is 0.0217. The third-order valence-corrected chi connectivity index (χ3v) is 5.84. The molecule has 27 heavy (non-hydrogen) atoms. The van der Waals surface area contributed by atoms with Gasteiger partial charge in [-0.05, 0) is 63.4 Å². The maximum absolute atomic E-state index is 11.8. The number of amides is 1. The molecule has 146 valence electrons. The lowest BCUT2D eigenvalue weighted by molar-refractivity contribution is -0.108. The van der Waals surface area contributed by atoms with Crippen molar-refractivity contribution in [1.29, 1.82) is 0 Å². The van der Waals surface area contributed by atoms with Crippen molar-refractivity contribution in [1.82, 2.24) is 4.90 Å². The fraction of sp³-hybridized carbons (Fsp3) is 0.522. The first kappa shape index (κ1) is 19.8. The number of rotatable bonds is 8. The van der Waals surface area contributed by atoms with Crippen LogP contribution in [-0.4, -0.2) is 51.2 Å². The number of piperidine rings is 1. The molecule has 1 amide bonds. The van der Waals surface area contributed by atoms with E-state index in [0.717, 1.165) is 51.0 Å². The Morgan fingerprint density at radius 2 is 1.93 bits per heavy atom. The van der Waals surface area contributed by atoms with Gasteiger partial charge in [0.25, 0.3) is 0 Å². The number of ether oxygens (including phenoxy) is 1. The number of hydrogen-bond acceptors (Lipinski definition) is 3. The molecule has 1 fully saturated rings. The zero-order valence-electron chi connectivity index (χ0n) is 16.7. The summed E-state index contributed by atoms with van der Waals surface area (Å²) in [5.41, 5.74) is 3.63. The molecule has 1 aliphatic carbocycles. The van der Waals surface area contributed by atoms with Gasteiger partial charge in [-0.3, -0.25) is 9.69 Å². The van der Waals surface area contributed by atoms with E-state index in [2.05, 4.69) is 42.2 Å². The fourth-order valence-electron chi connectivity index (χ4n) is 4.17. The second kappa shape index (κ2) is 9.34. The zero-order chi connectivity index (χ0) is 19.1. The molecule has 1 aromatic carbocycles. The Hall–Kier alpha value is -1.91. The van der Waals surface area contributed by atoms with Gasteiger partial charge in [-0.15, -0.1) is 0 Å². The minimum Gasteiger partial charge on any atom is -0.384 e. The van der Waals surface area contributed by atoms with Crippen LogP contribution in [0.25, 0.3) is 0 Å². The van der Waals surface area contributed by atoms with Crippen molar-refractivity contribution in [3.05, 3.63) is 53.6 Å². The van der Waals surface area contributed by atoms with Crippen LogP contribution in [0.3, 0.4) is 0 Å². The van der Waals surface area contributed by atoms with Gasteiger partial charge in [0.2, 0.25) is 6.41 Å². The Morgan fingerprint density at radius 1 is 1.19 bits per heavy atom. The molecule has 0 unspecified atom stereocenters. The molecular formula is C23H32N2O2. The molecule has 1 aromatic rings. The van der Waals surface area contributed by atoms with E-state index >= 15 is 0 Å². The third kappa shape index (κ3) is 5.30. The van der Waals surface area contributed by atoms with Crippen LogP contribution in [-0.2, 0) is 9.53 Å². The Kier molecular flexibility index (Phi) is 6.86. The first-order valence-corrected chi connectivity index (χ1v) is 10.00. The molecule has 1 heterocycles. The van der Waals surface area contributed by atoms with Crippen LogP contribution in [0.4, 0.5) is 5.69 Å². The number of benzene rings is 1. The number of allylic oxidation sites excluding steroid dienone is 2. The summed E-state index contributed by atoms with van der Waals surface area (Å²) >= 11 is 0. The van der Waals surface area contributed by atoms with Crippen LogP contribution in [0.2, 0.25) is 0 Å². The van der Waals surface area contributed by atoms with Crippen LogP contribution in [0.15, 0.2) is 48.1 Å². The highest BCUT2D eigenvalue weighted by Crippen LogP contribution is 2.34. The Bertz CT molecular complexity index is 670. The number of methoxy groups -OCH3 is 1. The molecule has 2 aliphatic rings. The number of aryl methyl sites for hydroxylation is 1. The predicted molar refractivity (Wildman–Crippen MR) is 111 cm³/mol. The van der Waals surface area contributed by atoms with E-state index in [9.17, 15) is 4.79 Å². The van der Waals surface area contributed by atoms with Gasteiger partial charge < -0.3 is 9.64 Å². The lowest BCUT2D eigenvalue weighted by Crippen LogP contribution is -2.48. The van der Waals surface area contributed by atoms with Crippen LogP contribution in [0, 0.1) is 12.3 Å². The van der Waals surface area contributed by atoms with Crippen molar-refractivity contribution in [2.24, 2.45) is 5.41 Å². The SMILES string of the molecule is COCC1(CN(C=O)c2ccc(C)cc2)CCN(CC2=CCCC=C2)CC1. The topological polar surface area (TPSA) is 32.8 Å². The molecule has 0 atom stereocenters. The fourth-order valence-corrected chi connectivity index (χ4v) is 4.17. The van der Waals surface area contributed by atoms with Crippen molar-refractivity contribution in [2.75, 3.05) is 44.8 Å². The smallest absolute Gasteiger partial charge is 0.214 e. The van der Waals surface area contributed by atoms with E-state index in [-0.39, 0.29) is 5.41 Å². The van der Waals surface area contributed by atoms with Crippen molar-refractivity contribution in [3.63, 3.8) is 0 Å². The lowest BCUT2D eigenvalue weighted by Gasteiger charge is -2.43. The number of nitrogens with zero attached hydrogens (tertiary/aromatic N) is 2. The van der Waals surface area contributed by atoms with Crippen LogP contribution in [0.1, 0.15) is 31.2 Å². The second-order valence-electron chi connectivity index (χ2n) is 8.04. The van der Waals surface area contributed by atoms with E-state index in [1.807, 2.05) is 17.0 Å². The molecule has 0 saturated carbocycles. The average molecular weight is 369 g/mol. The predicted octanol–water partition coefficient (Wildman–Crippen LogP) is 3.96. The summed E-state index contributed by atoms with van der Waals surface area (Å²) in [7, 11) is 1.77. The Morgan fingerprint density at radius 3 is 2.52 bits per heavy atom. The first-order valence-electron chi connectivity index (χ1n) is 10.00. The van der Waals surface area contributed by atoms with E-state index < -0.39 is 0 Å². The molecular weight excluding hydrogens is 336 g/mol. The first-order chi connectivity index (χ1) is 13.1. The largest absolute Gasteiger partial charge is 0.384 e. The standard InChI is InChI=1S/C23H32N2O2/c1-20-8-10-22(11-9-20)25(19-26)17-23(18-27-2)12-14-24(15-13-23)16-21-6-4-3-5-7-21/h4,6-11,19H,3,5,12-18H2,1-2H3. The summed E-state index contributed by atoms with van der Waals surface area (Å²) in [6.07, 6.45) is 12.3. The Balaban J connectivity index is 1.63. The van der Waals surface area contributed by atoms with Gasteiger partial charge in [0, 0.05) is 31.3 Å². The van der Waals surface area contributed by atoms with Gasteiger partial charge in [-0.25, -0.2) is 0 Å². The monoisotopic (exact) mass is 368 g/mol. The minimum atomic E-state index is 0.0217. The zero-order valence-corrected chi connectivity index (χ0v) is 16.7. The summed E-state index contributed by atoms with van der Waals surface area (Å²) in [5.74, 6) is 0. The molecule has 0 spiro atoms. The van der Waals surface area contributed by atoms with Crippen molar-refractivity contribution >= 4 is 12.1 Å². The lowest BCUT2D eigenvalue weighted by atomic mass is 9.78. The molecule has 4 nitrogen and oxygen atoms in total. The molecule has 1 aliphatic heterocycles. The number of likely N-dealkylation sites (tertiary alicyclic amines) is 1. The van der Waals surface area contributed by atoms with E-state index in [1.165, 1.54) is 17.6 Å². The summed E-state index contributed by atoms with van der Waals surface area (Å²) in [6, 6.07) is 8.17. The summed E-state index contributed by atoms with van der Waals surface area (Å²) in [4.78, 5) is 16.2. The van der Waals surface area contributed by atoms with E-state index in [1.54, 1.807) is 7.11 Å². The van der Waals surface area contributed by atoms with E-state index in [0.29, 0.717) is 13.2 Å². The van der Waals surface area contributed by atoms with Gasteiger partial charge in [-0.2, -0.15) is 0 Å². The Labute approximate surface area is 163 Å². The van der Waals surface area contributed by atoms with Crippen molar-refractivity contribution in [3.8, 4) is 0 Å². The molecule has 0 radical (unpaired) electrons. The molecule has 4 heteroatoms. The molecule has 0 N–H and O–H groups in total. The molecule has 1 saturated heterocycles. The maximum atomic E-state index is 11.8. The quantitative estimate of drug-likeness (QED) is 0.651. The van der Waals surface area contributed by atoms with Gasteiger partial charge >= 0.3 is 0 Å². The molecule has 0 aromatic heterocycles. The average Bonchev–Trinajstić information content (AvgIpc) is 2.70. The summed E-state index contributed by atoms with van der Waals surface area (Å²) < 4.78 is 5.59. The number of hydrogen-bond donors (Lipinski definition) is 0. The molecule has 3 rings (SSSR count). The summed E-state index contributed by atoms with van der Waals surface area (Å²) in [6.45, 7) is 6.61. The van der Waals surface area contributed by atoms with Gasteiger partial charge in [0.05, 0.1) is 6.61 Å². The number of carbonyl (C=O) groups excluding carboxylic acids is 1. The highest BCUT2D eigenvalue weighted by Gasteiger charge is 2.36. The molecule has 0 bridgehead atoms. The number of anilines is 1. The highest BCUT2D eigenvalue weighted by atomic mass is 16.5. The second-order valence-corrected chi connectivity index (χ2v) is 8.04. The third-order valence-electron chi connectivity index (χ3n) is 5.84. The van der Waals surface area contributed by atoms with Crippen molar-refractivity contribution < 1.29 is 9.53 Å². The van der Waals surface area contributed by atoms with Crippen molar-refractivity contribution in [2.45, 2.75) is 32.6 Å². The van der Waals surface area contributed by atoms with Gasteiger partial charge in [-0.1, -0.05) is 35.9 Å². The number of carbonyl (C=O) groups is 1. The van der Waals surface area contributed by atoms with Crippen LogP contribution >= 0.6 is 0 Å². The summed E-state index contributed by atoms with van der Waals surface area (Å²) in [5, 5.41) is 0.